The van der Waals surface area contributed by atoms with Gasteiger partial charge in [-0.3, -0.25) is 0 Å². The van der Waals surface area contributed by atoms with Crippen LogP contribution in [0.1, 0.15) is 24.8 Å². The average Bonchev–Trinajstić information content (AvgIpc) is 2.81. The van der Waals surface area contributed by atoms with Crippen LogP contribution in [0.2, 0.25) is 0 Å². The van der Waals surface area contributed by atoms with Crippen molar-refractivity contribution in [3.63, 3.8) is 0 Å². The van der Waals surface area contributed by atoms with E-state index in [1.807, 2.05) is 6.07 Å². The summed E-state index contributed by atoms with van der Waals surface area (Å²) in [6.45, 7) is 2.26. The number of benzene rings is 1. The van der Waals surface area contributed by atoms with Crippen molar-refractivity contribution in [3.8, 4) is 0 Å². The van der Waals surface area contributed by atoms with Crippen molar-refractivity contribution in [2.45, 2.75) is 31.7 Å². The van der Waals surface area contributed by atoms with Gasteiger partial charge in [-0.25, -0.2) is 4.79 Å². The zero-order chi connectivity index (χ0) is 14.1. The monoisotopic (exact) mass is 275 g/mol. The standard InChI is InChI=1S/C15H21N3O2/c16-12-4-5-14-11(9-12)3-1-2-7-18(14)13-6-8-17(10-13)15(19)20/h4-5,9,13H,1-3,6-8,10,16H2,(H,19,20). The van der Waals surface area contributed by atoms with Gasteiger partial charge in [0.05, 0.1) is 0 Å². The van der Waals surface area contributed by atoms with Gasteiger partial charge in [0.1, 0.15) is 0 Å². The van der Waals surface area contributed by atoms with Crippen molar-refractivity contribution in [2.75, 3.05) is 30.3 Å². The molecular formula is C15H21N3O2. The number of fused-ring (bicyclic) bond motifs is 1. The molecule has 2 aliphatic heterocycles. The Hall–Kier alpha value is -1.91. The highest BCUT2D eigenvalue weighted by Crippen LogP contribution is 2.32. The molecule has 1 saturated heterocycles. The molecule has 20 heavy (non-hydrogen) atoms. The minimum absolute atomic E-state index is 0.298. The normalized spacial score (nSPS) is 22.5. The highest BCUT2D eigenvalue weighted by atomic mass is 16.4. The first kappa shape index (κ1) is 13.1. The van der Waals surface area contributed by atoms with Crippen LogP contribution in [0.5, 0.6) is 0 Å². The lowest BCUT2D eigenvalue weighted by atomic mass is 10.1. The minimum atomic E-state index is -0.806. The number of nitrogens with two attached hydrogens (primary N) is 1. The number of hydrogen-bond donors (Lipinski definition) is 2. The minimum Gasteiger partial charge on any atom is -0.465 e. The van der Waals surface area contributed by atoms with Crippen molar-refractivity contribution in [1.29, 1.82) is 0 Å². The summed E-state index contributed by atoms with van der Waals surface area (Å²) in [5.41, 5.74) is 9.25. The van der Waals surface area contributed by atoms with E-state index in [1.54, 1.807) is 0 Å². The number of nitrogen functional groups attached to an aromatic ring is 1. The molecular weight excluding hydrogens is 254 g/mol. The molecule has 0 aliphatic carbocycles. The second kappa shape index (κ2) is 5.23. The molecule has 5 heteroatoms. The SMILES string of the molecule is Nc1ccc2c(c1)CCCCN2C1CCN(C(=O)O)C1. The Morgan fingerprint density at radius 3 is 2.90 bits per heavy atom. The summed E-state index contributed by atoms with van der Waals surface area (Å²) in [5.74, 6) is 0. The van der Waals surface area contributed by atoms with E-state index >= 15 is 0 Å². The zero-order valence-corrected chi connectivity index (χ0v) is 11.6. The van der Waals surface area contributed by atoms with E-state index in [4.69, 9.17) is 10.8 Å². The summed E-state index contributed by atoms with van der Waals surface area (Å²) in [6.07, 6.45) is 3.49. The smallest absolute Gasteiger partial charge is 0.407 e. The third-order valence-electron chi connectivity index (χ3n) is 4.38. The molecule has 1 aromatic carbocycles. The van der Waals surface area contributed by atoms with Gasteiger partial charge < -0.3 is 20.6 Å². The quantitative estimate of drug-likeness (QED) is 0.771. The van der Waals surface area contributed by atoms with Gasteiger partial charge in [0.15, 0.2) is 0 Å². The second-order valence-corrected chi connectivity index (χ2v) is 5.71. The maximum atomic E-state index is 11.1. The molecule has 108 valence electrons. The number of rotatable bonds is 1. The van der Waals surface area contributed by atoms with Crippen LogP contribution in [0.4, 0.5) is 16.2 Å². The van der Waals surface area contributed by atoms with Gasteiger partial charge in [-0.2, -0.15) is 0 Å². The average molecular weight is 275 g/mol. The van der Waals surface area contributed by atoms with E-state index < -0.39 is 6.09 Å². The molecule has 5 nitrogen and oxygen atoms in total. The first-order valence-corrected chi connectivity index (χ1v) is 7.28. The lowest BCUT2D eigenvalue weighted by Crippen LogP contribution is -2.39. The fourth-order valence-corrected chi connectivity index (χ4v) is 3.35. The van der Waals surface area contributed by atoms with E-state index in [2.05, 4.69) is 17.0 Å². The van der Waals surface area contributed by atoms with Gasteiger partial charge in [-0.15, -0.1) is 0 Å². The summed E-state index contributed by atoms with van der Waals surface area (Å²) in [6, 6.07) is 6.41. The first-order valence-electron chi connectivity index (χ1n) is 7.28. The zero-order valence-electron chi connectivity index (χ0n) is 11.6. The Morgan fingerprint density at radius 1 is 1.30 bits per heavy atom. The van der Waals surface area contributed by atoms with Gasteiger partial charge in [-0.1, -0.05) is 0 Å². The predicted octanol–water partition coefficient (Wildman–Crippen LogP) is 2.16. The number of amides is 1. The van der Waals surface area contributed by atoms with Crippen LogP contribution < -0.4 is 10.6 Å². The fourth-order valence-electron chi connectivity index (χ4n) is 3.35. The number of likely N-dealkylation sites (tertiary alicyclic amines) is 1. The number of hydrogen-bond acceptors (Lipinski definition) is 3. The highest BCUT2D eigenvalue weighted by molar-refractivity contribution is 5.66. The predicted molar refractivity (Wildman–Crippen MR) is 79.1 cm³/mol. The molecule has 3 rings (SSSR count). The van der Waals surface area contributed by atoms with Crippen molar-refractivity contribution in [3.05, 3.63) is 23.8 Å². The molecule has 0 aromatic heterocycles. The van der Waals surface area contributed by atoms with Gasteiger partial charge in [-0.05, 0) is 49.4 Å². The van der Waals surface area contributed by atoms with Crippen molar-refractivity contribution >= 4 is 17.5 Å². The molecule has 0 saturated carbocycles. The summed E-state index contributed by atoms with van der Waals surface area (Å²) < 4.78 is 0. The maximum absolute atomic E-state index is 11.1. The van der Waals surface area contributed by atoms with Crippen molar-refractivity contribution in [1.82, 2.24) is 4.90 Å². The molecule has 1 amide bonds. The molecule has 1 fully saturated rings. The van der Waals surface area contributed by atoms with E-state index in [9.17, 15) is 4.79 Å². The Bertz CT molecular complexity index is 518. The van der Waals surface area contributed by atoms with Gasteiger partial charge in [0.2, 0.25) is 0 Å². The van der Waals surface area contributed by atoms with E-state index in [1.165, 1.54) is 22.6 Å². The second-order valence-electron chi connectivity index (χ2n) is 5.71. The molecule has 1 aromatic rings. The van der Waals surface area contributed by atoms with Crippen LogP contribution in [0, 0.1) is 0 Å². The molecule has 2 heterocycles. The van der Waals surface area contributed by atoms with Crippen LogP contribution in [0.15, 0.2) is 18.2 Å². The lowest BCUT2D eigenvalue weighted by Gasteiger charge is -2.31. The molecule has 1 unspecified atom stereocenters. The number of carboxylic acid groups (broad SMARTS) is 1. The Labute approximate surface area is 119 Å². The van der Waals surface area contributed by atoms with Crippen molar-refractivity contribution in [2.24, 2.45) is 0 Å². The Kier molecular flexibility index (Phi) is 3.42. The molecule has 2 aliphatic rings. The fraction of sp³-hybridized carbons (Fsp3) is 0.533. The van der Waals surface area contributed by atoms with Crippen LogP contribution in [-0.2, 0) is 6.42 Å². The maximum Gasteiger partial charge on any atom is 0.407 e. The van der Waals surface area contributed by atoms with Crippen molar-refractivity contribution < 1.29 is 9.90 Å². The van der Waals surface area contributed by atoms with Crippen LogP contribution in [-0.4, -0.2) is 41.8 Å². The number of anilines is 2. The summed E-state index contributed by atoms with van der Waals surface area (Å²) >= 11 is 0. The number of aryl methyl sites for hydroxylation is 1. The topological polar surface area (TPSA) is 69.8 Å². The Balaban J connectivity index is 1.85. The van der Waals surface area contributed by atoms with E-state index in [-0.39, 0.29) is 0 Å². The van der Waals surface area contributed by atoms with Gasteiger partial charge in [0, 0.05) is 37.1 Å². The summed E-state index contributed by atoms with van der Waals surface area (Å²) in [5, 5.41) is 9.11. The largest absolute Gasteiger partial charge is 0.465 e. The molecule has 0 bridgehead atoms. The number of carbonyl (C=O) groups is 1. The van der Waals surface area contributed by atoms with Crippen LogP contribution in [0.3, 0.4) is 0 Å². The van der Waals surface area contributed by atoms with E-state index in [0.717, 1.165) is 31.5 Å². The van der Waals surface area contributed by atoms with Crippen LogP contribution in [0.25, 0.3) is 0 Å². The molecule has 0 radical (unpaired) electrons. The third-order valence-corrected chi connectivity index (χ3v) is 4.38. The molecule has 0 spiro atoms. The third kappa shape index (κ3) is 2.40. The summed E-state index contributed by atoms with van der Waals surface area (Å²) in [4.78, 5) is 15.0. The first-order chi connectivity index (χ1) is 9.65. The Morgan fingerprint density at radius 2 is 2.15 bits per heavy atom. The van der Waals surface area contributed by atoms with Crippen LogP contribution >= 0.6 is 0 Å². The molecule has 1 atom stereocenters. The lowest BCUT2D eigenvalue weighted by molar-refractivity contribution is 0.155. The number of nitrogens with zero attached hydrogens (tertiary/aromatic N) is 2. The van der Waals surface area contributed by atoms with E-state index in [0.29, 0.717) is 19.1 Å². The van der Waals surface area contributed by atoms with Gasteiger partial charge in [0.25, 0.3) is 0 Å². The molecule has 3 N–H and O–H groups in total. The summed E-state index contributed by atoms with van der Waals surface area (Å²) in [7, 11) is 0. The highest BCUT2D eigenvalue weighted by Gasteiger charge is 2.31. The van der Waals surface area contributed by atoms with Gasteiger partial charge >= 0.3 is 6.09 Å².